The predicted octanol–water partition coefficient (Wildman–Crippen LogP) is 3.10. The molecular weight excluding hydrogens is 264 g/mol. The van der Waals surface area contributed by atoms with Gasteiger partial charge in [-0.05, 0) is 45.0 Å². The summed E-state index contributed by atoms with van der Waals surface area (Å²) in [6.45, 7) is 4.52. The van der Waals surface area contributed by atoms with E-state index in [2.05, 4.69) is 10.2 Å². The third-order valence-electron chi connectivity index (χ3n) is 4.06. The molecule has 4 heteroatoms. The van der Waals surface area contributed by atoms with Gasteiger partial charge < -0.3 is 9.73 Å². The van der Waals surface area contributed by atoms with E-state index >= 15 is 0 Å². The number of carbonyl (C=O) groups excluding carboxylic acids is 1. The molecule has 0 spiro atoms. The lowest BCUT2D eigenvalue weighted by atomic mass is 10.1. The molecule has 0 bridgehead atoms. The third kappa shape index (κ3) is 3.45. The standard InChI is InChI=1S/C17H22N2O2/c1-13(16-11-14-7-3-4-8-15(14)21-16)18-17(20)12-19-9-5-2-6-10-19/h3-4,7-8,11,13H,2,5-6,9-10,12H2,1H3,(H,18,20). The van der Waals surface area contributed by atoms with Gasteiger partial charge in [0.05, 0.1) is 12.6 Å². The molecule has 1 N–H and O–H groups in total. The molecule has 21 heavy (non-hydrogen) atoms. The number of carbonyl (C=O) groups is 1. The predicted molar refractivity (Wildman–Crippen MR) is 83.1 cm³/mol. The molecule has 1 aliphatic rings. The maximum atomic E-state index is 12.1. The maximum Gasteiger partial charge on any atom is 0.234 e. The lowest BCUT2D eigenvalue weighted by Crippen LogP contribution is -2.40. The smallest absolute Gasteiger partial charge is 0.234 e. The highest BCUT2D eigenvalue weighted by Gasteiger charge is 2.17. The van der Waals surface area contributed by atoms with E-state index in [0.717, 1.165) is 29.8 Å². The number of piperidine rings is 1. The van der Waals surface area contributed by atoms with Crippen LogP contribution in [0.15, 0.2) is 34.7 Å². The molecule has 1 aliphatic heterocycles. The van der Waals surface area contributed by atoms with Crippen LogP contribution in [0.5, 0.6) is 0 Å². The second-order valence-corrected chi connectivity index (χ2v) is 5.81. The highest BCUT2D eigenvalue weighted by Crippen LogP contribution is 2.23. The Morgan fingerprint density at radius 3 is 2.81 bits per heavy atom. The Hall–Kier alpha value is -1.81. The zero-order valence-corrected chi connectivity index (χ0v) is 12.5. The number of nitrogens with one attached hydrogen (secondary N) is 1. The Bertz CT molecular complexity index is 581. The molecule has 1 aromatic heterocycles. The summed E-state index contributed by atoms with van der Waals surface area (Å²) in [5.74, 6) is 0.882. The van der Waals surface area contributed by atoms with Gasteiger partial charge in [0.15, 0.2) is 0 Å². The third-order valence-corrected chi connectivity index (χ3v) is 4.06. The van der Waals surface area contributed by atoms with Crippen molar-refractivity contribution in [1.82, 2.24) is 10.2 Å². The van der Waals surface area contributed by atoms with Crippen LogP contribution in [0.25, 0.3) is 11.0 Å². The maximum absolute atomic E-state index is 12.1. The van der Waals surface area contributed by atoms with Crippen LogP contribution in [0, 0.1) is 0 Å². The monoisotopic (exact) mass is 286 g/mol. The van der Waals surface area contributed by atoms with E-state index in [1.165, 1.54) is 19.3 Å². The van der Waals surface area contributed by atoms with E-state index in [9.17, 15) is 4.79 Å². The van der Waals surface area contributed by atoms with Crippen molar-refractivity contribution in [2.45, 2.75) is 32.2 Å². The number of fused-ring (bicyclic) bond motifs is 1. The number of nitrogens with zero attached hydrogens (tertiary/aromatic N) is 1. The van der Waals surface area contributed by atoms with Crippen molar-refractivity contribution in [2.24, 2.45) is 0 Å². The average molecular weight is 286 g/mol. The minimum absolute atomic E-state index is 0.0739. The van der Waals surface area contributed by atoms with Crippen molar-refractivity contribution in [1.29, 1.82) is 0 Å². The van der Waals surface area contributed by atoms with Gasteiger partial charge in [-0.25, -0.2) is 0 Å². The molecule has 112 valence electrons. The van der Waals surface area contributed by atoms with Gasteiger partial charge in [-0.15, -0.1) is 0 Å². The average Bonchev–Trinajstić information content (AvgIpc) is 2.92. The minimum Gasteiger partial charge on any atom is -0.459 e. The van der Waals surface area contributed by atoms with Gasteiger partial charge >= 0.3 is 0 Å². The fraction of sp³-hybridized carbons (Fsp3) is 0.471. The number of amides is 1. The quantitative estimate of drug-likeness (QED) is 0.939. The summed E-state index contributed by atoms with van der Waals surface area (Å²) in [6, 6.07) is 9.80. The van der Waals surface area contributed by atoms with Gasteiger partial charge in [-0.1, -0.05) is 24.6 Å². The summed E-state index contributed by atoms with van der Waals surface area (Å²) in [6.07, 6.45) is 3.69. The molecule has 1 aromatic carbocycles. The Morgan fingerprint density at radius 2 is 2.05 bits per heavy atom. The van der Waals surface area contributed by atoms with Crippen molar-refractivity contribution in [3.63, 3.8) is 0 Å². The van der Waals surface area contributed by atoms with Gasteiger partial charge in [-0.3, -0.25) is 9.69 Å². The van der Waals surface area contributed by atoms with Crippen molar-refractivity contribution in [3.05, 3.63) is 36.1 Å². The highest BCUT2D eigenvalue weighted by molar-refractivity contribution is 5.80. The fourth-order valence-corrected chi connectivity index (χ4v) is 2.89. The second-order valence-electron chi connectivity index (χ2n) is 5.81. The molecule has 0 radical (unpaired) electrons. The zero-order valence-electron chi connectivity index (χ0n) is 12.5. The van der Waals surface area contributed by atoms with Crippen LogP contribution < -0.4 is 5.32 Å². The van der Waals surface area contributed by atoms with Gasteiger partial charge in [0.2, 0.25) is 5.91 Å². The first kappa shape index (κ1) is 14.1. The largest absolute Gasteiger partial charge is 0.459 e. The zero-order chi connectivity index (χ0) is 14.7. The molecule has 1 saturated heterocycles. The molecule has 4 nitrogen and oxygen atoms in total. The number of likely N-dealkylation sites (tertiary alicyclic amines) is 1. The second kappa shape index (κ2) is 6.31. The Morgan fingerprint density at radius 1 is 1.29 bits per heavy atom. The van der Waals surface area contributed by atoms with Crippen molar-refractivity contribution >= 4 is 16.9 Å². The summed E-state index contributed by atoms with van der Waals surface area (Å²) in [5.41, 5.74) is 0.865. The lowest BCUT2D eigenvalue weighted by Gasteiger charge is -2.26. The summed E-state index contributed by atoms with van der Waals surface area (Å²) in [5, 5.41) is 4.10. The van der Waals surface area contributed by atoms with Crippen LogP contribution in [0.2, 0.25) is 0 Å². The summed E-state index contributed by atoms with van der Waals surface area (Å²) in [7, 11) is 0. The summed E-state index contributed by atoms with van der Waals surface area (Å²) >= 11 is 0. The number of benzene rings is 1. The molecule has 0 saturated carbocycles. The summed E-state index contributed by atoms with van der Waals surface area (Å²) < 4.78 is 5.79. The first-order chi connectivity index (χ1) is 10.2. The van der Waals surface area contributed by atoms with Crippen molar-refractivity contribution < 1.29 is 9.21 Å². The molecule has 2 aromatic rings. The molecule has 2 heterocycles. The van der Waals surface area contributed by atoms with Crippen LogP contribution in [-0.4, -0.2) is 30.4 Å². The molecule has 3 rings (SSSR count). The molecule has 1 fully saturated rings. The Labute approximate surface area is 125 Å². The van der Waals surface area contributed by atoms with Gasteiger partial charge in [0.25, 0.3) is 0 Å². The van der Waals surface area contributed by atoms with E-state index in [0.29, 0.717) is 6.54 Å². The van der Waals surface area contributed by atoms with Crippen LogP contribution in [0.1, 0.15) is 38.0 Å². The molecule has 1 amide bonds. The molecule has 1 unspecified atom stereocenters. The Balaban J connectivity index is 1.59. The van der Waals surface area contributed by atoms with Gasteiger partial charge in [0, 0.05) is 5.39 Å². The van der Waals surface area contributed by atoms with Crippen LogP contribution in [0.3, 0.4) is 0 Å². The Kier molecular flexibility index (Phi) is 4.25. The first-order valence-corrected chi connectivity index (χ1v) is 7.72. The molecule has 1 atom stereocenters. The normalized spacial score (nSPS) is 17.8. The number of rotatable bonds is 4. The lowest BCUT2D eigenvalue weighted by molar-refractivity contribution is -0.123. The summed E-state index contributed by atoms with van der Waals surface area (Å²) in [4.78, 5) is 14.3. The van der Waals surface area contributed by atoms with E-state index < -0.39 is 0 Å². The van der Waals surface area contributed by atoms with E-state index in [1.54, 1.807) is 0 Å². The number of furan rings is 1. The van der Waals surface area contributed by atoms with E-state index in [1.807, 2.05) is 37.3 Å². The first-order valence-electron chi connectivity index (χ1n) is 7.72. The molecular formula is C17H22N2O2. The number of hydrogen-bond acceptors (Lipinski definition) is 3. The van der Waals surface area contributed by atoms with E-state index in [-0.39, 0.29) is 11.9 Å². The van der Waals surface area contributed by atoms with Gasteiger partial charge in [0.1, 0.15) is 11.3 Å². The number of hydrogen-bond donors (Lipinski definition) is 1. The SMILES string of the molecule is CC(NC(=O)CN1CCCCC1)c1cc2ccccc2o1. The van der Waals surface area contributed by atoms with Crippen LogP contribution in [-0.2, 0) is 4.79 Å². The van der Waals surface area contributed by atoms with Crippen molar-refractivity contribution in [2.75, 3.05) is 19.6 Å². The minimum atomic E-state index is -0.102. The van der Waals surface area contributed by atoms with Crippen molar-refractivity contribution in [3.8, 4) is 0 Å². The fourth-order valence-electron chi connectivity index (χ4n) is 2.89. The van der Waals surface area contributed by atoms with E-state index in [4.69, 9.17) is 4.42 Å². The van der Waals surface area contributed by atoms with Crippen LogP contribution >= 0.6 is 0 Å². The van der Waals surface area contributed by atoms with Gasteiger partial charge in [-0.2, -0.15) is 0 Å². The number of para-hydroxylation sites is 1. The molecule has 0 aliphatic carbocycles. The van der Waals surface area contributed by atoms with Crippen LogP contribution in [0.4, 0.5) is 0 Å². The topological polar surface area (TPSA) is 45.5 Å². The highest BCUT2D eigenvalue weighted by atomic mass is 16.3.